The normalized spacial score (nSPS) is 13.4. The van der Waals surface area contributed by atoms with Gasteiger partial charge in [0.05, 0.1) is 11.5 Å². The van der Waals surface area contributed by atoms with Gasteiger partial charge in [-0.25, -0.2) is 4.79 Å². The zero-order valence-electron chi connectivity index (χ0n) is 14.1. The van der Waals surface area contributed by atoms with Crippen molar-refractivity contribution in [2.24, 2.45) is 5.41 Å². The van der Waals surface area contributed by atoms with Gasteiger partial charge in [0.15, 0.2) is 0 Å². The van der Waals surface area contributed by atoms with Crippen molar-refractivity contribution in [3.8, 4) is 0 Å². The van der Waals surface area contributed by atoms with Crippen molar-refractivity contribution in [1.29, 1.82) is 0 Å². The maximum atomic E-state index is 12.1. The van der Waals surface area contributed by atoms with Crippen molar-refractivity contribution in [1.82, 2.24) is 5.32 Å². The van der Waals surface area contributed by atoms with Crippen LogP contribution in [-0.4, -0.2) is 22.8 Å². The molecule has 1 atom stereocenters. The van der Waals surface area contributed by atoms with Crippen molar-refractivity contribution < 1.29 is 19.4 Å². The van der Waals surface area contributed by atoms with Crippen LogP contribution in [0.2, 0.25) is 0 Å². The van der Waals surface area contributed by atoms with Crippen LogP contribution in [0.4, 0.5) is 4.79 Å². The topological polar surface area (TPSA) is 75.6 Å². The molecule has 5 heteroatoms. The monoisotopic (exact) mass is 307 g/mol. The van der Waals surface area contributed by atoms with Crippen LogP contribution in [0.1, 0.15) is 51.8 Å². The molecule has 122 valence electrons. The Kier molecular flexibility index (Phi) is 5.22. The zero-order valence-corrected chi connectivity index (χ0v) is 14.1. The molecule has 5 nitrogen and oxygen atoms in total. The lowest BCUT2D eigenvalue weighted by molar-refractivity contribution is -0.148. The average Bonchev–Trinajstić information content (AvgIpc) is 2.34. The van der Waals surface area contributed by atoms with E-state index in [2.05, 4.69) is 5.32 Å². The Labute approximate surface area is 131 Å². The zero-order chi connectivity index (χ0) is 17.1. The van der Waals surface area contributed by atoms with Crippen LogP contribution in [0.5, 0.6) is 0 Å². The highest BCUT2D eigenvalue weighted by Gasteiger charge is 2.39. The van der Waals surface area contributed by atoms with E-state index in [4.69, 9.17) is 4.74 Å². The molecule has 0 saturated heterocycles. The number of carbonyl (C=O) groups is 2. The largest absolute Gasteiger partial charge is 0.481 e. The maximum Gasteiger partial charge on any atom is 0.408 e. The van der Waals surface area contributed by atoms with Gasteiger partial charge in [0.25, 0.3) is 0 Å². The molecule has 1 aromatic carbocycles. The predicted molar refractivity (Wildman–Crippen MR) is 84.7 cm³/mol. The molecule has 0 aliphatic rings. The van der Waals surface area contributed by atoms with Gasteiger partial charge in [0.2, 0.25) is 0 Å². The standard InChI is InChI=1S/C17H25NO4/c1-11-7-9-12(10-8-11)13(17(5,6)14(19)20)18-15(21)22-16(2,3)4/h7-10,13H,1-6H3,(H,18,21)(H,19,20)/t13-/m0/s1. The molecule has 0 fully saturated rings. The molecule has 0 heterocycles. The molecular weight excluding hydrogens is 282 g/mol. The van der Waals surface area contributed by atoms with Gasteiger partial charge in [0, 0.05) is 0 Å². The Balaban J connectivity index is 3.10. The first-order valence-corrected chi connectivity index (χ1v) is 7.23. The second-order valence-corrected chi connectivity index (χ2v) is 7.02. The molecular formula is C17H25NO4. The van der Waals surface area contributed by atoms with Gasteiger partial charge in [-0.1, -0.05) is 29.8 Å². The van der Waals surface area contributed by atoms with Gasteiger partial charge in [-0.3, -0.25) is 4.79 Å². The Morgan fingerprint density at radius 2 is 1.59 bits per heavy atom. The van der Waals surface area contributed by atoms with E-state index in [0.29, 0.717) is 0 Å². The highest BCUT2D eigenvalue weighted by atomic mass is 16.6. The fourth-order valence-electron chi connectivity index (χ4n) is 1.99. The summed E-state index contributed by atoms with van der Waals surface area (Å²) in [6, 6.07) is 6.72. The average molecular weight is 307 g/mol. The van der Waals surface area contributed by atoms with Crippen molar-refractivity contribution in [3.05, 3.63) is 35.4 Å². The van der Waals surface area contributed by atoms with E-state index >= 15 is 0 Å². The fourth-order valence-corrected chi connectivity index (χ4v) is 1.99. The van der Waals surface area contributed by atoms with E-state index < -0.39 is 29.1 Å². The minimum atomic E-state index is -1.17. The summed E-state index contributed by atoms with van der Waals surface area (Å²) in [4.78, 5) is 23.6. The van der Waals surface area contributed by atoms with Gasteiger partial charge in [-0.15, -0.1) is 0 Å². The molecule has 2 N–H and O–H groups in total. The van der Waals surface area contributed by atoms with Gasteiger partial charge in [0.1, 0.15) is 5.60 Å². The number of alkyl carbamates (subject to hydrolysis) is 1. The summed E-state index contributed by atoms with van der Waals surface area (Å²) in [5, 5.41) is 12.2. The Morgan fingerprint density at radius 1 is 1.09 bits per heavy atom. The summed E-state index contributed by atoms with van der Waals surface area (Å²) in [6.45, 7) is 10.4. The Morgan fingerprint density at radius 3 is 2.00 bits per heavy atom. The van der Waals surface area contributed by atoms with E-state index in [-0.39, 0.29) is 0 Å². The first-order chi connectivity index (χ1) is 9.93. The Hall–Kier alpha value is -2.04. The van der Waals surface area contributed by atoms with Crippen LogP contribution >= 0.6 is 0 Å². The number of benzene rings is 1. The summed E-state index contributed by atoms with van der Waals surface area (Å²) in [5.41, 5.74) is -0.0294. The first kappa shape index (κ1) is 18.0. The van der Waals surface area contributed by atoms with Gasteiger partial charge < -0.3 is 15.2 Å². The van der Waals surface area contributed by atoms with Crippen LogP contribution in [0.15, 0.2) is 24.3 Å². The summed E-state index contributed by atoms with van der Waals surface area (Å²) in [5.74, 6) is -0.992. The number of ether oxygens (including phenoxy) is 1. The number of carboxylic acid groups (broad SMARTS) is 1. The quantitative estimate of drug-likeness (QED) is 0.890. The van der Waals surface area contributed by atoms with Gasteiger partial charge in [-0.05, 0) is 47.1 Å². The number of hydrogen-bond donors (Lipinski definition) is 2. The van der Waals surface area contributed by atoms with E-state index in [1.165, 1.54) is 0 Å². The summed E-state index contributed by atoms with van der Waals surface area (Å²) < 4.78 is 5.25. The van der Waals surface area contributed by atoms with Crippen LogP contribution in [0.25, 0.3) is 0 Å². The number of amides is 1. The molecule has 0 radical (unpaired) electrons. The highest BCUT2D eigenvalue weighted by molar-refractivity contribution is 5.77. The first-order valence-electron chi connectivity index (χ1n) is 7.23. The van der Waals surface area contributed by atoms with Crippen molar-refractivity contribution in [2.75, 3.05) is 0 Å². The second-order valence-electron chi connectivity index (χ2n) is 7.02. The molecule has 0 aliphatic carbocycles. The van der Waals surface area contributed by atoms with Gasteiger partial charge >= 0.3 is 12.1 Å². The number of rotatable bonds is 4. The number of aryl methyl sites for hydroxylation is 1. The van der Waals surface area contributed by atoms with Crippen LogP contribution in [-0.2, 0) is 9.53 Å². The number of carboxylic acids is 1. The number of hydrogen-bond acceptors (Lipinski definition) is 3. The summed E-state index contributed by atoms with van der Waals surface area (Å²) >= 11 is 0. The predicted octanol–water partition coefficient (Wildman–Crippen LogP) is 3.67. The molecule has 0 saturated carbocycles. The lowest BCUT2D eigenvalue weighted by Crippen LogP contribution is -2.44. The number of carbonyl (C=O) groups excluding carboxylic acids is 1. The molecule has 0 unspecified atom stereocenters. The number of aliphatic carboxylic acids is 1. The molecule has 0 aliphatic heterocycles. The maximum absolute atomic E-state index is 12.1. The van der Waals surface area contributed by atoms with Crippen molar-refractivity contribution in [3.63, 3.8) is 0 Å². The second kappa shape index (κ2) is 6.38. The molecule has 1 aromatic rings. The van der Waals surface area contributed by atoms with E-state index in [9.17, 15) is 14.7 Å². The summed E-state index contributed by atoms with van der Waals surface area (Å²) in [7, 11) is 0. The SMILES string of the molecule is Cc1ccc([C@H](NC(=O)OC(C)(C)C)C(C)(C)C(=O)O)cc1. The van der Waals surface area contributed by atoms with E-state index in [1.807, 2.05) is 31.2 Å². The Bertz CT molecular complexity index is 541. The van der Waals surface area contributed by atoms with Crippen LogP contribution in [0.3, 0.4) is 0 Å². The third-order valence-corrected chi connectivity index (χ3v) is 3.34. The molecule has 1 amide bonds. The number of nitrogens with one attached hydrogen (secondary N) is 1. The molecule has 22 heavy (non-hydrogen) atoms. The molecule has 0 spiro atoms. The van der Waals surface area contributed by atoms with E-state index in [0.717, 1.165) is 11.1 Å². The van der Waals surface area contributed by atoms with Crippen molar-refractivity contribution in [2.45, 2.75) is 53.2 Å². The van der Waals surface area contributed by atoms with Crippen molar-refractivity contribution >= 4 is 12.1 Å². The minimum Gasteiger partial charge on any atom is -0.481 e. The molecule has 0 bridgehead atoms. The van der Waals surface area contributed by atoms with Crippen LogP contribution < -0.4 is 5.32 Å². The van der Waals surface area contributed by atoms with Crippen LogP contribution in [0, 0.1) is 12.3 Å². The fraction of sp³-hybridized carbons (Fsp3) is 0.529. The highest BCUT2D eigenvalue weighted by Crippen LogP contribution is 2.34. The lowest BCUT2D eigenvalue weighted by Gasteiger charge is -2.32. The third kappa shape index (κ3) is 4.76. The summed E-state index contributed by atoms with van der Waals surface area (Å²) in [6.07, 6.45) is -0.632. The molecule has 1 rings (SSSR count). The smallest absolute Gasteiger partial charge is 0.408 e. The van der Waals surface area contributed by atoms with E-state index in [1.54, 1.807) is 34.6 Å². The lowest BCUT2D eigenvalue weighted by atomic mass is 9.80. The minimum absolute atomic E-state index is 0.632. The third-order valence-electron chi connectivity index (χ3n) is 3.34. The van der Waals surface area contributed by atoms with Gasteiger partial charge in [-0.2, -0.15) is 0 Å². The molecule has 0 aromatic heterocycles.